The summed E-state index contributed by atoms with van der Waals surface area (Å²) in [6.45, 7) is 0. The molecule has 0 spiro atoms. The van der Waals surface area contributed by atoms with Crippen LogP contribution < -0.4 is 14.4 Å². The van der Waals surface area contributed by atoms with Gasteiger partial charge in [0.15, 0.2) is 0 Å². The fourth-order valence-corrected chi connectivity index (χ4v) is 1.57. The summed E-state index contributed by atoms with van der Waals surface area (Å²) < 4.78 is 20.3. The van der Waals surface area contributed by atoms with Crippen molar-refractivity contribution in [2.75, 3.05) is 0 Å². The SMILES string of the molecule is O=C([O-])CC(O)([CH2][Cr](=[O])[O-])C(=O)[O-]. The van der Waals surface area contributed by atoms with Crippen molar-refractivity contribution in [2.24, 2.45) is 0 Å². The van der Waals surface area contributed by atoms with E-state index in [4.69, 9.17) is 5.11 Å². The first-order valence-corrected chi connectivity index (χ1v) is 4.92. The molecule has 0 aliphatic rings. The molecule has 0 heterocycles. The monoisotopic (exact) mass is 229 g/mol. The van der Waals surface area contributed by atoms with Crippen LogP contribution in [-0.2, 0) is 27.8 Å². The second-order valence-corrected chi connectivity index (χ2v) is 3.72. The van der Waals surface area contributed by atoms with Crippen molar-refractivity contribution < 1.29 is 47.3 Å². The van der Waals surface area contributed by atoms with Gasteiger partial charge in [-0.25, -0.2) is 0 Å². The fourth-order valence-electron chi connectivity index (χ4n) is 0.616. The van der Waals surface area contributed by atoms with Crippen LogP contribution in [0.4, 0.5) is 0 Å². The summed E-state index contributed by atoms with van der Waals surface area (Å²) in [7, 11) is 0. The Labute approximate surface area is 77.2 Å². The molecule has 76 valence electrons. The van der Waals surface area contributed by atoms with E-state index in [-0.39, 0.29) is 0 Å². The van der Waals surface area contributed by atoms with E-state index in [1.807, 2.05) is 0 Å². The maximum atomic E-state index is 10.2. The minimum absolute atomic E-state index is 1.15. The van der Waals surface area contributed by atoms with Gasteiger partial charge in [-0.05, 0) is 0 Å². The van der Waals surface area contributed by atoms with E-state index in [0.717, 1.165) is 0 Å². The van der Waals surface area contributed by atoms with Crippen molar-refractivity contribution in [3.8, 4) is 0 Å². The van der Waals surface area contributed by atoms with E-state index < -0.39 is 43.7 Å². The molecule has 8 heteroatoms. The van der Waals surface area contributed by atoms with Gasteiger partial charge in [0.1, 0.15) is 0 Å². The first-order valence-electron chi connectivity index (χ1n) is 2.97. The quantitative estimate of drug-likeness (QED) is 0.498. The van der Waals surface area contributed by atoms with Crippen molar-refractivity contribution in [2.45, 2.75) is 17.3 Å². The molecular weight excluding hydrogens is 224 g/mol. The molecule has 0 aromatic rings. The average molecular weight is 229 g/mol. The molecule has 0 aliphatic heterocycles. The number of hydrogen-bond donors (Lipinski definition) is 1. The van der Waals surface area contributed by atoms with Gasteiger partial charge in [0.25, 0.3) is 0 Å². The van der Waals surface area contributed by atoms with Crippen LogP contribution in [0.25, 0.3) is 0 Å². The van der Waals surface area contributed by atoms with Crippen LogP contribution in [0.1, 0.15) is 6.42 Å². The van der Waals surface area contributed by atoms with Gasteiger partial charge in [-0.15, -0.1) is 0 Å². The number of carbonyl (C=O) groups excluding carboxylic acids is 2. The molecule has 0 aliphatic carbocycles. The molecule has 0 aromatic heterocycles. The summed E-state index contributed by atoms with van der Waals surface area (Å²) in [6, 6.07) is 0. The predicted molar refractivity (Wildman–Crippen MR) is 25.1 cm³/mol. The zero-order valence-corrected chi connectivity index (χ0v) is 7.49. The summed E-state index contributed by atoms with van der Waals surface area (Å²) in [5.74, 6) is -4.00. The van der Waals surface area contributed by atoms with E-state index >= 15 is 0 Å². The molecule has 0 fully saturated rings. The number of hydrogen-bond acceptors (Lipinski definition) is 7. The Bertz CT molecular complexity index is 231. The number of carboxylic acid groups (broad SMARTS) is 2. The Morgan fingerprint density at radius 3 is 2.08 bits per heavy atom. The van der Waals surface area contributed by atoms with Crippen molar-refractivity contribution in [3.05, 3.63) is 0 Å². The van der Waals surface area contributed by atoms with Crippen LogP contribution in [0.5, 0.6) is 0 Å². The van der Waals surface area contributed by atoms with E-state index in [1.54, 1.807) is 0 Å². The second-order valence-electron chi connectivity index (χ2n) is 2.32. The molecule has 7 nitrogen and oxygen atoms in total. The number of aliphatic carboxylic acids is 2. The first kappa shape index (κ1) is 12.2. The molecule has 0 aromatic carbocycles. The molecule has 0 rings (SSSR count). The standard InChI is InChI=1S/C5H7O5.Cr.2O/c1-5(10,4(8)9)2-3(6)7;;;/h10H,1-2H2,(H,6,7)(H,8,9);;;/q;;;-1/p-2. The van der Waals surface area contributed by atoms with Crippen LogP contribution >= 0.6 is 0 Å². The Morgan fingerprint density at radius 1 is 1.38 bits per heavy atom. The van der Waals surface area contributed by atoms with Crippen LogP contribution in [0, 0.1) is 0 Å². The number of carbonyl (C=O) groups is 2. The van der Waals surface area contributed by atoms with E-state index in [2.05, 4.69) is 0 Å². The maximum absolute atomic E-state index is 10.2. The van der Waals surface area contributed by atoms with Gasteiger partial charge in [0.05, 0.1) is 0 Å². The van der Waals surface area contributed by atoms with Crippen molar-refractivity contribution in [3.63, 3.8) is 0 Å². The molecule has 0 radical (unpaired) electrons. The van der Waals surface area contributed by atoms with Gasteiger partial charge in [0.2, 0.25) is 0 Å². The molecular formula is C5H5CrO7-3. The molecule has 0 amide bonds. The molecule has 13 heavy (non-hydrogen) atoms. The Hall–Kier alpha value is -0.808. The van der Waals surface area contributed by atoms with Gasteiger partial charge < -0.3 is 0 Å². The third-order valence-electron chi connectivity index (χ3n) is 1.17. The summed E-state index contributed by atoms with van der Waals surface area (Å²) in [5.41, 5.74) is -2.88. The predicted octanol–water partition coefficient (Wildman–Crippen LogP) is -4.74. The molecule has 1 atom stereocenters. The van der Waals surface area contributed by atoms with Gasteiger partial charge in [-0.3, -0.25) is 0 Å². The van der Waals surface area contributed by atoms with E-state index in [0.29, 0.717) is 0 Å². The van der Waals surface area contributed by atoms with Crippen LogP contribution in [-0.4, -0.2) is 22.6 Å². The van der Waals surface area contributed by atoms with E-state index in [9.17, 15) is 27.8 Å². The van der Waals surface area contributed by atoms with Crippen LogP contribution in [0.2, 0.25) is 5.28 Å². The number of carboxylic acids is 2. The molecule has 0 bridgehead atoms. The van der Waals surface area contributed by atoms with Crippen molar-refractivity contribution in [1.82, 2.24) is 0 Å². The van der Waals surface area contributed by atoms with Gasteiger partial charge in [-0.1, -0.05) is 0 Å². The summed E-state index contributed by atoms with van der Waals surface area (Å²) in [6.07, 6.45) is -1.31. The van der Waals surface area contributed by atoms with Crippen LogP contribution in [0.15, 0.2) is 0 Å². The molecule has 1 N–H and O–H groups in total. The zero-order valence-electron chi connectivity index (χ0n) is 6.22. The normalized spacial score (nSPS) is 15.3. The Balaban J connectivity index is 4.62. The summed E-state index contributed by atoms with van der Waals surface area (Å²) in [4.78, 5) is 20.1. The Morgan fingerprint density at radius 2 is 1.85 bits per heavy atom. The van der Waals surface area contributed by atoms with Gasteiger partial charge >= 0.3 is 76.5 Å². The Kier molecular flexibility index (Phi) is 4.16. The zero-order chi connectivity index (χ0) is 10.6. The first-order chi connectivity index (χ1) is 5.78. The minimum atomic E-state index is -3.75. The van der Waals surface area contributed by atoms with Crippen molar-refractivity contribution in [1.29, 1.82) is 0 Å². The molecule has 1 unspecified atom stereocenters. The third kappa shape index (κ3) is 4.10. The van der Waals surface area contributed by atoms with Crippen molar-refractivity contribution >= 4 is 11.9 Å². The third-order valence-corrected chi connectivity index (χ3v) is 2.29. The number of rotatable bonds is 5. The number of aliphatic hydroxyl groups is 1. The molecule has 0 saturated heterocycles. The van der Waals surface area contributed by atoms with E-state index in [1.165, 1.54) is 0 Å². The summed E-state index contributed by atoms with van der Waals surface area (Å²) >= 11 is -3.75. The molecule has 0 saturated carbocycles. The van der Waals surface area contributed by atoms with Gasteiger partial charge in [0, 0.05) is 0 Å². The second kappa shape index (κ2) is 4.43. The summed E-state index contributed by atoms with van der Waals surface area (Å²) in [5, 5.41) is 28.0. The van der Waals surface area contributed by atoms with Crippen LogP contribution in [0.3, 0.4) is 0 Å². The average Bonchev–Trinajstić information content (AvgIpc) is 1.82. The fraction of sp³-hybridized carbons (Fsp3) is 0.600. The van der Waals surface area contributed by atoms with Gasteiger partial charge in [-0.2, -0.15) is 0 Å². The topological polar surface area (TPSA) is 141 Å².